The molecule has 30 heavy (non-hydrogen) atoms. The average Bonchev–Trinajstić information content (AvgIpc) is 3.38. The molecule has 1 aliphatic rings. The van der Waals surface area contributed by atoms with E-state index in [4.69, 9.17) is 5.41 Å². The maximum absolute atomic E-state index is 14.3. The van der Waals surface area contributed by atoms with Gasteiger partial charge in [0.25, 0.3) is 0 Å². The average molecular weight is 404 g/mol. The number of imidazole rings is 1. The maximum atomic E-state index is 14.3. The summed E-state index contributed by atoms with van der Waals surface area (Å²) in [4.78, 5) is 4.54. The first-order valence-electron chi connectivity index (χ1n) is 10.1. The van der Waals surface area contributed by atoms with Crippen LogP contribution in [0.2, 0.25) is 0 Å². The number of aromatic nitrogens is 2. The number of benzene rings is 2. The fraction of sp³-hybridized carbons (Fsp3) is 0.217. The predicted octanol–water partition coefficient (Wildman–Crippen LogP) is 5.17. The molecular weight excluding hydrogens is 379 g/mol. The van der Waals surface area contributed by atoms with Crippen molar-refractivity contribution in [3.8, 4) is 5.69 Å². The molecule has 0 spiro atoms. The van der Waals surface area contributed by atoms with Crippen LogP contribution in [0.4, 0.5) is 21.8 Å². The Morgan fingerprint density at radius 1 is 1.10 bits per heavy atom. The van der Waals surface area contributed by atoms with E-state index >= 15 is 0 Å². The number of hydrogen-bond acceptors (Lipinski definition) is 5. The number of nitrogens with zero attached hydrogens (tertiary/aromatic N) is 2. The largest absolute Gasteiger partial charge is 0.369 e. The van der Waals surface area contributed by atoms with E-state index in [0.29, 0.717) is 35.0 Å². The Morgan fingerprint density at radius 3 is 2.50 bits per heavy atom. The molecule has 1 heterocycles. The Balaban J connectivity index is 1.72. The standard InChI is InChI=1S/C23H25FN6/c1-16(26-17-9-5-6-10-17)27-22-21(15-25)29-23(28-20-14-8-7-13-19(20)24)30(22)18-11-3-2-4-12-18/h2-4,7-8,11-15,17,25-27H,1,5-6,9-10H2,(H,28,29). The summed E-state index contributed by atoms with van der Waals surface area (Å²) in [6, 6.07) is 16.5. The van der Waals surface area contributed by atoms with Gasteiger partial charge in [0.05, 0.1) is 17.2 Å². The van der Waals surface area contributed by atoms with Crippen molar-refractivity contribution in [2.45, 2.75) is 31.7 Å². The summed E-state index contributed by atoms with van der Waals surface area (Å²) in [6.07, 6.45) is 5.86. The van der Waals surface area contributed by atoms with Gasteiger partial charge in [-0.25, -0.2) is 9.37 Å². The molecule has 0 saturated heterocycles. The Labute approximate surface area is 175 Å². The fourth-order valence-corrected chi connectivity index (χ4v) is 3.75. The molecule has 0 radical (unpaired) electrons. The molecule has 1 fully saturated rings. The third kappa shape index (κ3) is 4.20. The van der Waals surface area contributed by atoms with Crippen molar-refractivity contribution in [1.29, 1.82) is 5.41 Å². The highest BCUT2D eigenvalue weighted by molar-refractivity contribution is 5.85. The molecule has 1 aromatic heterocycles. The monoisotopic (exact) mass is 404 g/mol. The maximum Gasteiger partial charge on any atom is 0.214 e. The first-order chi connectivity index (χ1) is 14.7. The molecule has 154 valence electrons. The summed E-state index contributed by atoms with van der Waals surface area (Å²) in [5, 5.41) is 17.6. The van der Waals surface area contributed by atoms with Gasteiger partial charge in [0.15, 0.2) is 0 Å². The second kappa shape index (κ2) is 8.82. The Bertz CT molecular complexity index is 1040. The third-order valence-corrected chi connectivity index (χ3v) is 5.18. The quantitative estimate of drug-likeness (QED) is 0.391. The van der Waals surface area contributed by atoms with Crippen molar-refractivity contribution in [3.63, 3.8) is 0 Å². The molecule has 1 aliphatic carbocycles. The van der Waals surface area contributed by atoms with Crippen LogP contribution in [0.3, 0.4) is 0 Å². The molecule has 0 amide bonds. The van der Waals surface area contributed by atoms with Crippen LogP contribution in [-0.2, 0) is 0 Å². The number of halogens is 1. The molecular formula is C23H25FN6. The van der Waals surface area contributed by atoms with Crippen LogP contribution in [0.1, 0.15) is 31.4 Å². The molecule has 3 aromatic rings. The van der Waals surface area contributed by atoms with Gasteiger partial charge in [0.1, 0.15) is 17.3 Å². The Hall–Kier alpha value is -3.61. The second-order valence-corrected chi connectivity index (χ2v) is 7.32. The lowest BCUT2D eigenvalue weighted by atomic mass is 10.2. The van der Waals surface area contributed by atoms with Crippen molar-refractivity contribution in [3.05, 3.63) is 78.5 Å². The first kappa shape index (κ1) is 19.7. The van der Waals surface area contributed by atoms with Gasteiger partial charge in [-0.1, -0.05) is 49.8 Å². The highest BCUT2D eigenvalue weighted by atomic mass is 19.1. The lowest BCUT2D eigenvalue weighted by Gasteiger charge is -2.19. The van der Waals surface area contributed by atoms with Crippen LogP contribution in [0.25, 0.3) is 5.69 Å². The number of nitrogens with one attached hydrogen (secondary N) is 4. The molecule has 4 rings (SSSR count). The van der Waals surface area contributed by atoms with Gasteiger partial charge >= 0.3 is 0 Å². The molecule has 0 atom stereocenters. The van der Waals surface area contributed by atoms with E-state index in [0.717, 1.165) is 18.5 Å². The van der Waals surface area contributed by atoms with E-state index in [-0.39, 0.29) is 5.82 Å². The van der Waals surface area contributed by atoms with Crippen LogP contribution in [0, 0.1) is 11.2 Å². The zero-order valence-corrected chi connectivity index (χ0v) is 16.7. The predicted molar refractivity (Wildman–Crippen MR) is 119 cm³/mol. The van der Waals surface area contributed by atoms with E-state index < -0.39 is 0 Å². The molecule has 6 nitrogen and oxygen atoms in total. The summed E-state index contributed by atoms with van der Waals surface area (Å²) in [5.41, 5.74) is 1.56. The number of hydrogen-bond donors (Lipinski definition) is 4. The van der Waals surface area contributed by atoms with Gasteiger partial charge in [-0.15, -0.1) is 0 Å². The van der Waals surface area contributed by atoms with Crippen molar-refractivity contribution >= 4 is 23.7 Å². The molecule has 0 unspecified atom stereocenters. The summed E-state index contributed by atoms with van der Waals surface area (Å²) in [6.45, 7) is 4.11. The van der Waals surface area contributed by atoms with Crippen LogP contribution >= 0.6 is 0 Å². The van der Waals surface area contributed by atoms with Gasteiger partial charge in [0.2, 0.25) is 5.95 Å². The smallest absolute Gasteiger partial charge is 0.214 e. The molecule has 7 heteroatoms. The minimum absolute atomic E-state index is 0.311. The minimum atomic E-state index is -0.377. The van der Waals surface area contributed by atoms with Gasteiger partial charge in [-0.3, -0.25) is 4.57 Å². The van der Waals surface area contributed by atoms with Gasteiger partial charge in [0, 0.05) is 12.3 Å². The summed E-state index contributed by atoms with van der Waals surface area (Å²) in [7, 11) is 0. The van der Waals surface area contributed by atoms with Gasteiger partial charge in [-0.05, 0) is 37.1 Å². The zero-order valence-electron chi connectivity index (χ0n) is 16.7. The summed E-state index contributed by atoms with van der Waals surface area (Å²) in [5.74, 6) is 1.27. The van der Waals surface area contributed by atoms with Gasteiger partial charge < -0.3 is 21.4 Å². The number of para-hydroxylation sites is 2. The summed E-state index contributed by atoms with van der Waals surface area (Å²) >= 11 is 0. The lowest BCUT2D eigenvalue weighted by Crippen LogP contribution is -2.29. The highest BCUT2D eigenvalue weighted by Crippen LogP contribution is 2.29. The second-order valence-electron chi connectivity index (χ2n) is 7.32. The van der Waals surface area contributed by atoms with Gasteiger partial charge in [-0.2, -0.15) is 0 Å². The van der Waals surface area contributed by atoms with Crippen LogP contribution in [0.5, 0.6) is 0 Å². The number of rotatable bonds is 8. The van der Waals surface area contributed by atoms with Crippen LogP contribution < -0.4 is 16.0 Å². The summed E-state index contributed by atoms with van der Waals surface area (Å²) < 4.78 is 16.1. The highest BCUT2D eigenvalue weighted by Gasteiger charge is 2.21. The molecule has 0 aliphatic heterocycles. The molecule has 0 bridgehead atoms. The molecule has 2 aromatic carbocycles. The SMILES string of the molecule is C=C(Nc1c(C=N)nc(Nc2ccccc2F)n1-c1ccccc1)NC1CCCC1. The van der Waals surface area contributed by atoms with Crippen molar-refractivity contribution < 1.29 is 4.39 Å². The molecule has 4 N–H and O–H groups in total. The van der Waals surface area contributed by atoms with E-state index in [9.17, 15) is 4.39 Å². The fourth-order valence-electron chi connectivity index (χ4n) is 3.75. The van der Waals surface area contributed by atoms with Crippen molar-refractivity contribution in [2.24, 2.45) is 0 Å². The van der Waals surface area contributed by atoms with E-state index in [1.165, 1.54) is 25.1 Å². The number of anilines is 3. The first-order valence-corrected chi connectivity index (χ1v) is 10.1. The topological polar surface area (TPSA) is 77.8 Å². The Kier molecular flexibility index (Phi) is 5.79. The lowest BCUT2D eigenvalue weighted by molar-refractivity contribution is 0.588. The van der Waals surface area contributed by atoms with E-state index in [1.54, 1.807) is 18.2 Å². The van der Waals surface area contributed by atoms with E-state index in [2.05, 4.69) is 27.5 Å². The van der Waals surface area contributed by atoms with E-state index in [1.807, 2.05) is 34.9 Å². The van der Waals surface area contributed by atoms with Crippen molar-refractivity contribution in [2.75, 3.05) is 10.6 Å². The van der Waals surface area contributed by atoms with Crippen molar-refractivity contribution in [1.82, 2.24) is 14.9 Å². The van der Waals surface area contributed by atoms with Crippen LogP contribution in [-0.4, -0.2) is 21.8 Å². The third-order valence-electron chi connectivity index (χ3n) is 5.18. The zero-order chi connectivity index (χ0) is 20.9. The Morgan fingerprint density at radius 2 is 1.80 bits per heavy atom. The minimum Gasteiger partial charge on any atom is -0.369 e. The van der Waals surface area contributed by atoms with Crippen LogP contribution in [0.15, 0.2) is 67.0 Å². The molecule has 1 saturated carbocycles. The normalized spacial score (nSPS) is 13.8.